The smallest absolute Gasteiger partial charge is 0.141 e. The highest BCUT2D eigenvalue weighted by molar-refractivity contribution is 5.81. The summed E-state index contributed by atoms with van der Waals surface area (Å²) in [4.78, 5) is 8.65. The summed E-state index contributed by atoms with van der Waals surface area (Å²) in [5, 5.41) is 7.87. The van der Waals surface area contributed by atoms with Gasteiger partial charge < -0.3 is 5.32 Å². The first-order valence-corrected chi connectivity index (χ1v) is 7.56. The minimum atomic E-state index is -0.349. The molecule has 0 atom stereocenters. The molecule has 116 valence electrons. The van der Waals surface area contributed by atoms with Crippen LogP contribution in [0.25, 0.3) is 22.5 Å². The van der Waals surface area contributed by atoms with E-state index in [1.807, 2.05) is 25.5 Å². The van der Waals surface area contributed by atoms with E-state index in [-0.39, 0.29) is 5.82 Å². The highest BCUT2D eigenvalue weighted by Crippen LogP contribution is 2.33. The van der Waals surface area contributed by atoms with E-state index in [1.165, 1.54) is 17.8 Å². The molecule has 0 radical (unpaired) electrons. The lowest BCUT2D eigenvalue weighted by Gasteiger charge is -2.19. The molecule has 4 rings (SSSR count). The van der Waals surface area contributed by atoms with Crippen molar-refractivity contribution in [1.29, 1.82) is 0 Å². The molecule has 0 bridgehead atoms. The van der Waals surface area contributed by atoms with Gasteiger partial charge in [0.25, 0.3) is 0 Å². The van der Waals surface area contributed by atoms with Gasteiger partial charge in [-0.25, -0.2) is 4.39 Å². The lowest BCUT2D eigenvalue weighted by Crippen LogP contribution is -2.25. The van der Waals surface area contributed by atoms with Crippen LogP contribution in [0, 0.1) is 5.82 Å². The van der Waals surface area contributed by atoms with E-state index in [1.54, 1.807) is 10.7 Å². The van der Waals surface area contributed by atoms with Gasteiger partial charge in [0, 0.05) is 31.5 Å². The van der Waals surface area contributed by atoms with Crippen molar-refractivity contribution < 1.29 is 4.39 Å². The second kappa shape index (κ2) is 5.55. The minimum absolute atomic E-state index is 0.349. The molecule has 0 aromatic carbocycles. The van der Waals surface area contributed by atoms with Crippen LogP contribution >= 0.6 is 0 Å². The Morgan fingerprint density at radius 1 is 1.17 bits per heavy atom. The quantitative estimate of drug-likeness (QED) is 0.789. The van der Waals surface area contributed by atoms with Gasteiger partial charge in [-0.1, -0.05) is 0 Å². The molecule has 23 heavy (non-hydrogen) atoms. The molecule has 3 aromatic rings. The summed E-state index contributed by atoms with van der Waals surface area (Å²) in [6.45, 7) is 1.73. The summed E-state index contributed by atoms with van der Waals surface area (Å²) in [6, 6.07) is 5.09. The van der Waals surface area contributed by atoms with Crippen LogP contribution in [0.4, 0.5) is 4.39 Å². The molecule has 1 aliphatic rings. The Labute approximate surface area is 133 Å². The number of halogens is 1. The number of aryl methyl sites for hydroxylation is 1. The van der Waals surface area contributed by atoms with Crippen LogP contribution in [0.3, 0.4) is 0 Å². The van der Waals surface area contributed by atoms with Gasteiger partial charge in [-0.05, 0) is 42.3 Å². The highest BCUT2D eigenvalue weighted by Gasteiger charge is 2.20. The third-order valence-electron chi connectivity index (χ3n) is 4.08. The number of rotatable bonds is 2. The van der Waals surface area contributed by atoms with Crippen LogP contribution in [0.5, 0.6) is 0 Å². The van der Waals surface area contributed by atoms with Gasteiger partial charge in [0.15, 0.2) is 0 Å². The maximum Gasteiger partial charge on any atom is 0.141 e. The van der Waals surface area contributed by atoms with Crippen molar-refractivity contribution in [1.82, 2.24) is 25.1 Å². The second-order valence-corrected chi connectivity index (χ2v) is 5.64. The maximum absolute atomic E-state index is 13.2. The molecule has 3 aromatic heterocycles. The largest absolute Gasteiger partial charge is 0.311 e. The van der Waals surface area contributed by atoms with Crippen LogP contribution in [0.2, 0.25) is 0 Å². The lowest BCUT2D eigenvalue weighted by atomic mass is 9.94. The van der Waals surface area contributed by atoms with E-state index in [9.17, 15) is 4.39 Å². The molecule has 0 amide bonds. The fraction of sp³-hybridized carbons (Fsp3) is 0.235. The predicted molar refractivity (Wildman–Crippen MR) is 85.0 cm³/mol. The van der Waals surface area contributed by atoms with E-state index >= 15 is 0 Å². The molecule has 5 nitrogen and oxygen atoms in total. The van der Waals surface area contributed by atoms with Gasteiger partial charge in [-0.15, -0.1) is 0 Å². The Balaban J connectivity index is 1.89. The van der Waals surface area contributed by atoms with Gasteiger partial charge in [0.1, 0.15) is 11.5 Å². The van der Waals surface area contributed by atoms with Crippen molar-refractivity contribution in [3.63, 3.8) is 0 Å². The fourth-order valence-electron chi connectivity index (χ4n) is 3.03. The Bertz CT molecular complexity index is 854. The Hall–Kier alpha value is -2.60. The number of fused-ring (bicyclic) bond motifs is 1. The monoisotopic (exact) mass is 309 g/mol. The van der Waals surface area contributed by atoms with E-state index in [4.69, 9.17) is 0 Å². The van der Waals surface area contributed by atoms with Gasteiger partial charge >= 0.3 is 0 Å². The van der Waals surface area contributed by atoms with Gasteiger partial charge in [0.2, 0.25) is 0 Å². The molecule has 0 spiro atoms. The first-order chi connectivity index (χ1) is 11.2. The minimum Gasteiger partial charge on any atom is -0.311 e. The van der Waals surface area contributed by atoms with Gasteiger partial charge in [-0.2, -0.15) is 5.10 Å². The summed E-state index contributed by atoms with van der Waals surface area (Å²) in [6.07, 6.45) is 5.97. The molecular formula is C17H16FN5. The van der Waals surface area contributed by atoms with Crippen molar-refractivity contribution in [2.24, 2.45) is 7.05 Å². The topological polar surface area (TPSA) is 55.6 Å². The van der Waals surface area contributed by atoms with Crippen LogP contribution in [-0.4, -0.2) is 26.3 Å². The molecule has 6 heteroatoms. The standard InChI is InChI=1S/C17H16FN5/c1-23-10-14(17(22-23)15-3-2-11(18)8-21-15)12-5-7-20-16-9-19-6-4-13(12)16/h2-3,5,7-8,10,19H,4,6,9H2,1H3. The van der Waals surface area contributed by atoms with Crippen molar-refractivity contribution >= 4 is 0 Å². The van der Waals surface area contributed by atoms with E-state index in [2.05, 4.69) is 20.4 Å². The zero-order chi connectivity index (χ0) is 15.8. The third-order valence-corrected chi connectivity index (χ3v) is 4.08. The van der Waals surface area contributed by atoms with Crippen molar-refractivity contribution in [2.45, 2.75) is 13.0 Å². The lowest BCUT2D eigenvalue weighted by molar-refractivity contribution is 0.621. The zero-order valence-electron chi connectivity index (χ0n) is 12.8. The summed E-state index contributed by atoms with van der Waals surface area (Å²) in [7, 11) is 1.88. The summed E-state index contributed by atoms with van der Waals surface area (Å²) >= 11 is 0. The number of hydrogen-bond acceptors (Lipinski definition) is 4. The Morgan fingerprint density at radius 3 is 2.91 bits per heavy atom. The molecule has 0 fully saturated rings. The zero-order valence-corrected chi connectivity index (χ0v) is 12.8. The molecule has 0 aliphatic carbocycles. The average Bonchev–Trinajstić information content (AvgIpc) is 2.96. The number of hydrogen-bond donors (Lipinski definition) is 1. The van der Waals surface area contributed by atoms with Crippen LogP contribution in [-0.2, 0) is 20.0 Å². The van der Waals surface area contributed by atoms with E-state index < -0.39 is 0 Å². The molecule has 0 saturated carbocycles. The number of pyridine rings is 2. The third kappa shape index (κ3) is 2.51. The van der Waals surface area contributed by atoms with Crippen molar-refractivity contribution in [3.8, 4) is 22.5 Å². The van der Waals surface area contributed by atoms with E-state index in [0.29, 0.717) is 5.69 Å². The van der Waals surface area contributed by atoms with Crippen molar-refractivity contribution in [3.05, 3.63) is 53.9 Å². The van der Waals surface area contributed by atoms with Gasteiger partial charge in [0.05, 0.1) is 17.6 Å². The summed E-state index contributed by atoms with van der Waals surface area (Å²) < 4.78 is 14.9. The van der Waals surface area contributed by atoms with E-state index in [0.717, 1.165) is 42.0 Å². The molecule has 1 aliphatic heterocycles. The second-order valence-electron chi connectivity index (χ2n) is 5.64. The summed E-state index contributed by atoms with van der Waals surface area (Å²) in [5.41, 5.74) is 5.90. The molecule has 4 heterocycles. The normalized spacial score (nSPS) is 13.8. The van der Waals surface area contributed by atoms with Gasteiger partial charge in [-0.3, -0.25) is 14.6 Å². The maximum atomic E-state index is 13.2. The average molecular weight is 309 g/mol. The van der Waals surface area contributed by atoms with Crippen LogP contribution < -0.4 is 5.32 Å². The molecule has 1 N–H and O–H groups in total. The number of nitrogens with one attached hydrogen (secondary N) is 1. The molecule has 0 unspecified atom stereocenters. The molecule has 0 saturated heterocycles. The Morgan fingerprint density at radius 2 is 2.09 bits per heavy atom. The first-order valence-electron chi connectivity index (χ1n) is 7.56. The number of aromatic nitrogens is 4. The van der Waals surface area contributed by atoms with Crippen LogP contribution in [0.1, 0.15) is 11.3 Å². The predicted octanol–water partition coefficient (Wildman–Crippen LogP) is 2.33. The number of nitrogens with zero attached hydrogens (tertiary/aromatic N) is 4. The highest BCUT2D eigenvalue weighted by atomic mass is 19.1. The van der Waals surface area contributed by atoms with Crippen molar-refractivity contribution in [2.75, 3.05) is 6.54 Å². The molecular weight excluding hydrogens is 293 g/mol. The summed E-state index contributed by atoms with van der Waals surface area (Å²) in [5.74, 6) is -0.349. The SMILES string of the molecule is Cn1cc(-c2ccnc3c2CCNC3)c(-c2ccc(F)cn2)n1. The Kier molecular flexibility index (Phi) is 3.38. The van der Waals surface area contributed by atoms with Crippen LogP contribution in [0.15, 0.2) is 36.8 Å². The fourth-order valence-corrected chi connectivity index (χ4v) is 3.03. The first kappa shape index (κ1) is 14.0.